The second-order valence-electron chi connectivity index (χ2n) is 14.6. The largest absolute Gasteiger partial charge is 0.493 e. The minimum absolute atomic E-state index is 0.151. The zero-order chi connectivity index (χ0) is 39.9. The molecular formula is C50H47NO6. The third-order valence-corrected chi connectivity index (χ3v) is 10.5. The van der Waals surface area contributed by atoms with Crippen LogP contribution in [0.25, 0.3) is 33.0 Å². The molecule has 6 aromatic carbocycles. The molecule has 7 rings (SSSR count). The number of rotatable bonds is 16. The molecule has 6 aromatic rings. The van der Waals surface area contributed by atoms with Crippen molar-refractivity contribution in [3.63, 3.8) is 0 Å². The van der Waals surface area contributed by atoms with Crippen LogP contribution in [0, 0.1) is 6.92 Å². The van der Waals surface area contributed by atoms with Gasteiger partial charge in [-0.15, -0.1) is 0 Å². The summed E-state index contributed by atoms with van der Waals surface area (Å²) >= 11 is 0. The average molecular weight is 758 g/mol. The van der Waals surface area contributed by atoms with Crippen LogP contribution < -0.4 is 14.4 Å². The fraction of sp³-hybridized carbons (Fsp3) is 0.200. The molecule has 0 saturated carbocycles. The van der Waals surface area contributed by atoms with Gasteiger partial charge in [-0.2, -0.15) is 0 Å². The van der Waals surface area contributed by atoms with Crippen LogP contribution in [0.1, 0.15) is 43.4 Å². The van der Waals surface area contributed by atoms with Crippen LogP contribution in [0.3, 0.4) is 0 Å². The van der Waals surface area contributed by atoms with E-state index in [2.05, 4.69) is 112 Å². The molecule has 0 N–H and O–H groups in total. The van der Waals surface area contributed by atoms with E-state index in [0.29, 0.717) is 26.1 Å². The molecule has 0 radical (unpaired) electrons. The van der Waals surface area contributed by atoms with Crippen molar-refractivity contribution < 1.29 is 28.5 Å². The van der Waals surface area contributed by atoms with Crippen LogP contribution in [0.2, 0.25) is 0 Å². The summed E-state index contributed by atoms with van der Waals surface area (Å²) in [5.41, 5.74) is 11.6. The van der Waals surface area contributed by atoms with E-state index >= 15 is 0 Å². The van der Waals surface area contributed by atoms with Crippen LogP contribution in [0.5, 0.6) is 11.5 Å². The summed E-state index contributed by atoms with van der Waals surface area (Å²) in [5.74, 6) is 0.555. The van der Waals surface area contributed by atoms with E-state index in [-0.39, 0.29) is 18.6 Å². The van der Waals surface area contributed by atoms with E-state index in [1.165, 1.54) is 44.2 Å². The lowest BCUT2D eigenvalue weighted by molar-refractivity contribution is -0.138. The van der Waals surface area contributed by atoms with E-state index in [4.69, 9.17) is 18.9 Å². The van der Waals surface area contributed by atoms with Crippen molar-refractivity contribution in [2.24, 2.45) is 0 Å². The maximum atomic E-state index is 11.4. The van der Waals surface area contributed by atoms with Crippen molar-refractivity contribution in [2.45, 2.75) is 39.0 Å². The first kappa shape index (κ1) is 38.7. The third-order valence-electron chi connectivity index (χ3n) is 10.5. The first-order valence-corrected chi connectivity index (χ1v) is 19.3. The number of aryl methyl sites for hydroxylation is 1. The van der Waals surface area contributed by atoms with Gasteiger partial charge in [-0.05, 0) is 136 Å². The maximum absolute atomic E-state index is 11.4. The third kappa shape index (κ3) is 8.48. The monoisotopic (exact) mass is 757 g/mol. The van der Waals surface area contributed by atoms with Crippen LogP contribution >= 0.6 is 0 Å². The van der Waals surface area contributed by atoms with Crippen LogP contribution in [0.15, 0.2) is 147 Å². The molecule has 0 heterocycles. The Morgan fingerprint density at radius 2 is 1.11 bits per heavy atom. The Morgan fingerprint density at radius 3 is 1.67 bits per heavy atom. The number of esters is 2. The molecule has 0 bridgehead atoms. The first-order chi connectivity index (χ1) is 27.7. The van der Waals surface area contributed by atoms with Crippen molar-refractivity contribution >= 4 is 39.8 Å². The minimum atomic E-state index is -0.441. The Kier molecular flexibility index (Phi) is 11.6. The van der Waals surface area contributed by atoms with Gasteiger partial charge in [0.25, 0.3) is 0 Å². The average Bonchev–Trinajstić information content (AvgIpc) is 3.45. The summed E-state index contributed by atoms with van der Waals surface area (Å²) in [7, 11) is 0. The van der Waals surface area contributed by atoms with Gasteiger partial charge in [-0.1, -0.05) is 69.5 Å². The van der Waals surface area contributed by atoms with E-state index in [1.54, 1.807) is 0 Å². The van der Waals surface area contributed by atoms with Gasteiger partial charge in [0.2, 0.25) is 0 Å². The fourth-order valence-electron chi connectivity index (χ4n) is 7.44. The number of hydrogen-bond donors (Lipinski definition) is 0. The van der Waals surface area contributed by atoms with Gasteiger partial charge in [0, 0.05) is 47.5 Å². The second kappa shape index (κ2) is 17.0. The summed E-state index contributed by atoms with van der Waals surface area (Å²) in [6.45, 7) is 15.0. The van der Waals surface area contributed by atoms with Crippen LogP contribution in [-0.2, 0) is 24.5 Å². The number of carbonyl (C=O) groups excluding carboxylic acids is 2. The zero-order valence-corrected chi connectivity index (χ0v) is 32.8. The van der Waals surface area contributed by atoms with Crippen LogP contribution in [0.4, 0.5) is 17.1 Å². The first-order valence-electron chi connectivity index (χ1n) is 19.3. The molecule has 1 aliphatic carbocycles. The molecule has 1 aliphatic rings. The van der Waals surface area contributed by atoms with E-state index in [9.17, 15) is 9.59 Å². The van der Waals surface area contributed by atoms with Gasteiger partial charge in [0.1, 0.15) is 11.5 Å². The Morgan fingerprint density at radius 1 is 0.579 bits per heavy atom. The Hall–Kier alpha value is -6.60. The van der Waals surface area contributed by atoms with Crippen molar-refractivity contribution in [2.75, 3.05) is 31.3 Å². The number of benzene rings is 6. The van der Waals surface area contributed by atoms with Gasteiger partial charge >= 0.3 is 11.9 Å². The molecule has 57 heavy (non-hydrogen) atoms. The lowest BCUT2D eigenvalue weighted by atomic mass is 9.81. The zero-order valence-electron chi connectivity index (χ0n) is 32.8. The Bertz CT molecular complexity index is 2360. The molecule has 0 aromatic heterocycles. The number of ether oxygens (including phenoxy) is 4. The minimum Gasteiger partial charge on any atom is -0.493 e. The SMILES string of the molecule is C=CC(=O)OCCCOc1ccc(N(c2ccc(OCCCOC(=O)C=C)cc2)c2ccc(C)c(-c3ccc4c(c3)C(C)(C)c3cc5ccccc5cc3-4)c2)cc1. The summed E-state index contributed by atoms with van der Waals surface area (Å²) in [6, 6.07) is 42.8. The summed E-state index contributed by atoms with van der Waals surface area (Å²) in [6.07, 6.45) is 3.44. The number of fused-ring (bicyclic) bond motifs is 4. The van der Waals surface area contributed by atoms with Gasteiger partial charge in [-0.3, -0.25) is 0 Å². The molecular weight excluding hydrogens is 711 g/mol. The smallest absolute Gasteiger partial charge is 0.330 e. The van der Waals surface area contributed by atoms with Crippen LogP contribution in [-0.4, -0.2) is 38.4 Å². The molecule has 0 saturated heterocycles. The molecule has 7 heteroatoms. The summed E-state index contributed by atoms with van der Waals surface area (Å²) < 4.78 is 22.1. The highest BCUT2D eigenvalue weighted by Gasteiger charge is 2.36. The topological polar surface area (TPSA) is 74.3 Å². The summed E-state index contributed by atoms with van der Waals surface area (Å²) in [4.78, 5) is 24.9. The van der Waals surface area contributed by atoms with Crippen molar-refractivity contribution in [1.29, 1.82) is 0 Å². The normalized spacial score (nSPS) is 12.3. The highest BCUT2D eigenvalue weighted by Crippen LogP contribution is 2.51. The molecule has 0 fully saturated rings. The second-order valence-corrected chi connectivity index (χ2v) is 14.6. The highest BCUT2D eigenvalue weighted by atomic mass is 16.5. The molecule has 288 valence electrons. The van der Waals surface area contributed by atoms with Gasteiger partial charge < -0.3 is 23.8 Å². The predicted octanol–water partition coefficient (Wildman–Crippen LogP) is 11.6. The standard InChI is InChI=1S/C50H47NO6/c1-6-48(52)56-28-10-26-54-41-21-17-38(18-22-41)51(39-19-23-42(24-20-39)55-27-11-29-57-49(53)7-2)40-16-14-34(3)44(33-40)37-15-25-43-45-30-35-12-8-9-13-36(35)31-47(45)50(4,5)46(43)32-37/h6-9,12-25,30-33H,1-2,10-11,26-29H2,3-5H3. The van der Waals surface area contributed by atoms with Gasteiger partial charge in [-0.25, -0.2) is 9.59 Å². The van der Waals surface area contributed by atoms with Crippen molar-refractivity contribution in [1.82, 2.24) is 0 Å². The Labute approximate surface area is 334 Å². The fourth-order valence-corrected chi connectivity index (χ4v) is 7.44. The van der Waals surface area contributed by atoms with Gasteiger partial charge in [0.15, 0.2) is 0 Å². The van der Waals surface area contributed by atoms with Crippen molar-refractivity contribution in [3.8, 4) is 33.8 Å². The Balaban J connectivity index is 1.18. The molecule has 0 spiro atoms. The molecule has 0 amide bonds. The number of nitrogens with zero attached hydrogens (tertiary/aromatic N) is 1. The van der Waals surface area contributed by atoms with E-state index < -0.39 is 11.9 Å². The number of anilines is 3. The maximum Gasteiger partial charge on any atom is 0.330 e. The highest BCUT2D eigenvalue weighted by molar-refractivity contribution is 5.94. The molecule has 0 aliphatic heterocycles. The number of carbonyl (C=O) groups is 2. The van der Waals surface area contributed by atoms with Gasteiger partial charge in [0.05, 0.1) is 26.4 Å². The molecule has 0 atom stereocenters. The lowest BCUT2D eigenvalue weighted by Crippen LogP contribution is -2.15. The van der Waals surface area contributed by atoms with Crippen molar-refractivity contribution in [3.05, 3.63) is 163 Å². The number of hydrogen-bond acceptors (Lipinski definition) is 7. The predicted molar refractivity (Wildman–Crippen MR) is 229 cm³/mol. The molecule has 7 nitrogen and oxygen atoms in total. The summed E-state index contributed by atoms with van der Waals surface area (Å²) in [5, 5.41) is 2.52. The van der Waals surface area contributed by atoms with E-state index in [1.807, 2.05) is 48.5 Å². The lowest BCUT2D eigenvalue weighted by Gasteiger charge is -2.27. The quantitative estimate of drug-likeness (QED) is 0.0553. The molecule has 0 unspecified atom stereocenters. The van der Waals surface area contributed by atoms with E-state index in [0.717, 1.165) is 46.3 Å².